The molecule has 2 aliphatic rings. The molecule has 11 nitrogen and oxygen atoms in total. The van der Waals surface area contributed by atoms with Crippen LogP contribution in [0, 0.1) is 11.8 Å². The minimum atomic E-state index is -0.963. The van der Waals surface area contributed by atoms with Gasteiger partial charge in [-0.3, -0.25) is 14.4 Å². The van der Waals surface area contributed by atoms with Crippen LogP contribution in [0.5, 0.6) is 0 Å². The molecular weight excluding hydrogens is 542 g/mol. The lowest BCUT2D eigenvalue weighted by molar-refractivity contribution is -0.120. The van der Waals surface area contributed by atoms with Crippen molar-refractivity contribution in [2.45, 2.75) is 97.7 Å². The van der Waals surface area contributed by atoms with Gasteiger partial charge >= 0.3 is 6.09 Å². The van der Waals surface area contributed by atoms with Gasteiger partial charge in [0.2, 0.25) is 11.6 Å². The van der Waals surface area contributed by atoms with E-state index in [9.17, 15) is 24.3 Å². The summed E-state index contributed by atoms with van der Waals surface area (Å²) in [5.74, 6) is -1.93. The maximum Gasteiger partial charge on any atom is 0.405 e. The first kappa shape index (κ1) is 34.9. The van der Waals surface area contributed by atoms with Crippen LogP contribution in [0.25, 0.3) is 0 Å². The van der Waals surface area contributed by atoms with E-state index in [0.717, 1.165) is 6.08 Å². The number of aliphatic hydroxyl groups excluding tert-OH is 1. The van der Waals surface area contributed by atoms with Gasteiger partial charge < -0.3 is 35.7 Å². The van der Waals surface area contributed by atoms with Crippen LogP contribution in [0.2, 0.25) is 0 Å². The summed E-state index contributed by atoms with van der Waals surface area (Å²) in [6.45, 7) is 10.9. The third-order valence-corrected chi connectivity index (χ3v) is 7.55. The Morgan fingerprint density at radius 3 is 2.33 bits per heavy atom. The molecule has 0 aromatic carbocycles. The average molecular weight is 590 g/mol. The molecule has 0 saturated carbocycles. The summed E-state index contributed by atoms with van der Waals surface area (Å²) in [6.07, 6.45) is 2.08. The smallest absolute Gasteiger partial charge is 0.405 e. The van der Waals surface area contributed by atoms with E-state index in [1.807, 2.05) is 27.7 Å². The van der Waals surface area contributed by atoms with Gasteiger partial charge in [0, 0.05) is 43.4 Å². The second-order valence-corrected chi connectivity index (χ2v) is 11.5. The first-order valence-electron chi connectivity index (χ1n) is 14.4. The Morgan fingerprint density at radius 2 is 1.76 bits per heavy atom. The zero-order valence-electron chi connectivity index (χ0n) is 26.0. The molecule has 0 radical (unpaired) electrons. The Morgan fingerprint density at radius 1 is 1.12 bits per heavy atom. The molecule has 0 aromatic rings. The summed E-state index contributed by atoms with van der Waals surface area (Å²) in [5, 5.41) is 17.0. The standard InChI is InChI=1S/C31H47N3O8/c1-16(2)33-26-21-12-17(3)13-25(41-8)27(36)19(5)14-20(6)29(42-31(32)39)24(40-7)11-9-10-18(4)30(38)34-22(28(21)37)15-23(26)35/h10,14-17,19,24-25,27,29,33,36H,9,11-13H2,1-8H3,(H2,32,39)(H,34,38)/b18-10-,20-14-/t17-,19+,24+,25+,27-,29+/m1/s1. The van der Waals surface area contributed by atoms with Gasteiger partial charge in [0.1, 0.15) is 0 Å². The lowest BCUT2D eigenvalue weighted by Crippen LogP contribution is -2.38. The van der Waals surface area contributed by atoms with Crippen LogP contribution in [-0.2, 0) is 28.6 Å². The number of carbonyl (C=O) groups excluding carboxylic acids is 4. The molecule has 2 amide bonds. The molecule has 1 aliphatic carbocycles. The van der Waals surface area contributed by atoms with E-state index in [2.05, 4.69) is 10.6 Å². The summed E-state index contributed by atoms with van der Waals surface area (Å²) in [6, 6.07) is -0.103. The molecule has 2 rings (SSSR count). The van der Waals surface area contributed by atoms with Gasteiger partial charge in [-0.15, -0.1) is 0 Å². The molecule has 0 aromatic heterocycles. The fraction of sp³-hybridized carbons (Fsp3) is 0.613. The third-order valence-electron chi connectivity index (χ3n) is 7.55. The van der Waals surface area contributed by atoms with Crippen LogP contribution >= 0.6 is 0 Å². The third kappa shape index (κ3) is 9.37. The predicted molar refractivity (Wildman–Crippen MR) is 158 cm³/mol. The van der Waals surface area contributed by atoms with Crippen LogP contribution in [0.15, 0.2) is 46.3 Å². The van der Waals surface area contributed by atoms with E-state index < -0.39 is 53.9 Å². The highest BCUT2D eigenvalue weighted by atomic mass is 16.6. The number of carbonyl (C=O) groups is 4. The highest BCUT2D eigenvalue weighted by molar-refractivity contribution is 6.23. The van der Waals surface area contributed by atoms with E-state index in [0.29, 0.717) is 30.4 Å². The molecule has 42 heavy (non-hydrogen) atoms. The minimum Gasteiger partial charge on any atom is -0.439 e. The highest BCUT2D eigenvalue weighted by Crippen LogP contribution is 2.29. The number of nitrogens with one attached hydrogen (secondary N) is 2. The van der Waals surface area contributed by atoms with E-state index in [4.69, 9.17) is 19.9 Å². The topological polar surface area (TPSA) is 166 Å². The van der Waals surface area contributed by atoms with Crippen molar-refractivity contribution in [3.8, 4) is 0 Å². The molecule has 0 spiro atoms. The highest BCUT2D eigenvalue weighted by Gasteiger charge is 2.34. The second-order valence-electron chi connectivity index (χ2n) is 11.5. The first-order chi connectivity index (χ1) is 19.7. The van der Waals surface area contributed by atoms with Gasteiger partial charge in [-0.1, -0.05) is 26.0 Å². The predicted octanol–water partition coefficient (Wildman–Crippen LogP) is 2.98. The summed E-state index contributed by atoms with van der Waals surface area (Å²) in [7, 11) is 2.99. The van der Waals surface area contributed by atoms with Gasteiger partial charge in [-0.25, -0.2) is 4.79 Å². The second kappa shape index (κ2) is 15.8. The largest absolute Gasteiger partial charge is 0.439 e. The summed E-state index contributed by atoms with van der Waals surface area (Å²) >= 11 is 0. The maximum atomic E-state index is 13.6. The Kier molecular flexibility index (Phi) is 13.1. The van der Waals surface area contributed by atoms with Crippen molar-refractivity contribution in [1.29, 1.82) is 0 Å². The Balaban J connectivity index is 2.58. The number of Topliss-reactive ketones (excluding diaryl/α,β-unsaturated/α-hetero) is 1. The van der Waals surface area contributed by atoms with Crippen molar-refractivity contribution in [2.24, 2.45) is 17.6 Å². The number of hydrogen-bond acceptors (Lipinski definition) is 9. The number of allylic oxidation sites excluding steroid dienone is 3. The molecule has 6 atom stereocenters. The molecule has 1 aliphatic heterocycles. The molecule has 0 fully saturated rings. The number of aliphatic hydroxyl groups is 1. The maximum absolute atomic E-state index is 13.6. The minimum absolute atomic E-state index is 0.0892. The Bertz CT molecular complexity index is 1150. The van der Waals surface area contributed by atoms with Gasteiger partial charge in [-0.2, -0.15) is 0 Å². The van der Waals surface area contributed by atoms with Gasteiger partial charge in [0.05, 0.1) is 29.7 Å². The molecule has 5 N–H and O–H groups in total. The summed E-state index contributed by atoms with van der Waals surface area (Å²) < 4.78 is 16.7. The molecule has 0 saturated heterocycles. The fourth-order valence-corrected chi connectivity index (χ4v) is 5.34. The fourth-order valence-electron chi connectivity index (χ4n) is 5.34. The van der Waals surface area contributed by atoms with Crippen molar-refractivity contribution in [3.05, 3.63) is 46.3 Å². The van der Waals surface area contributed by atoms with E-state index in [-0.39, 0.29) is 35.3 Å². The van der Waals surface area contributed by atoms with E-state index >= 15 is 0 Å². The van der Waals surface area contributed by atoms with Gasteiger partial charge in [0.15, 0.2) is 6.10 Å². The molecule has 234 valence electrons. The number of fused-ring (bicyclic) bond motifs is 2. The number of methoxy groups -OCH3 is 2. The van der Waals surface area contributed by atoms with E-state index in [1.165, 1.54) is 14.2 Å². The normalized spacial score (nSPS) is 31.5. The Labute approximate surface area is 248 Å². The zero-order valence-corrected chi connectivity index (χ0v) is 26.0. The van der Waals surface area contributed by atoms with Gasteiger partial charge in [-0.05, 0) is 64.9 Å². The number of ketones is 2. The molecule has 0 unspecified atom stereocenters. The quantitative estimate of drug-likeness (QED) is 0.278. The van der Waals surface area contributed by atoms with Crippen LogP contribution < -0.4 is 16.4 Å². The lowest BCUT2D eigenvalue weighted by Gasteiger charge is -2.30. The number of rotatable bonds is 5. The monoisotopic (exact) mass is 589 g/mol. The van der Waals surface area contributed by atoms with Crippen LogP contribution in [0.4, 0.5) is 4.79 Å². The van der Waals surface area contributed by atoms with Crippen molar-refractivity contribution in [1.82, 2.24) is 10.6 Å². The summed E-state index contributed by atoms with van der Waals surface area (Å²) in [4.78, 5) is 51.5. The SMILES string of the molecule is CO[C@H]1C[C@H](C)CC2=C(NC(C)C)C(=O)C=C(NC(=O)/C(C)=C\CC[C@H](OC)[C@@H](OC(N)=O)/C(C)=C\[C@H](C)[C@H]1O)C2=O. The van der Waals surface area contributed by atoms with E-state index in [1.54, 1.807) is 26.0 Å². The van der Waals surface area contributed by atoms with Crippen molar-refractivity contribution >= 4 is 23.6 Å². The lowest BCUT2D eigenvalue weighted by atomic mass is 9.85. The first-order valence-corrected chi connectivity index (χ1v) is 14.4. The van der Waals surface area contributed by atoms with Crippen molar-refractivity contribution in [3.63, 3.8) is 0 Å². The number of nitrogens with two attached hydrogens (primary N) is 1. The molecular formula is C31H47N3O8. The van der Waals surface area contributed by atoms with Crippen LogP contribution in [0.1, 0.15) is 67.2 Å². The Hall–Kier alpha value is -3.28. The zero-order chi connectivity index (χ0) is 31.7. The van der Waals surface area contributed by atoms with Crippen molar-refractivity contribution < 1.29 is 38.5 Å². The van der Waals surface area contributed by atoms with Crippen LogP contribution in [-0.4, -0.2) is 73.4 Å². The van der Waals surface area contributed by atoms with Crippen LogP contribution in [0.3, 0.4) is 0 Å². The average Bonchev–Trinajstić information content (AvgIpc) is 2.91. The summed E-state index contributed by atoms with van der Waals surface area (Å²) in [5.41, 5.74) is 6.75. The number of ether oxygens (including phenoxy) is 3. The molecule has 2 bridgehead atoms. The van der Waals surface area contributed by atoms with Crippen molar-refractivity contribution in [2.75, 3.05) is 14.2 Å². The molecule has 1 heterocycles. The number of amides is 2. The number of primary amides is 1. The molecule has 11 heteroatoms. The number of hydrogen-bond donors (Lipinski definition) is 4. The van der Waals surface area contributed by atoms with Gasteiger partial charge in [0.25, 0.3) is 5.91 Å².